The Labute approximate surface area is 103 Å². The van der Waals surface area contributed by atoms with Crippen molar-refractivity contribution in [3.05, 3.63) is 0 Å². The topological polar surface area (TPSA) is 58.2 Å². The minimum atomic E-state index is -3.08. The largest absolute Gasteiger partial charge is 0.313 e. The van der Waals surface area contributed by atoms with Gasteiger partial charge in [0.15, 0.2) is 0 Å². The van der Waals surface area contributed by atoms with E-state index in [2.05, 4.69) is 17.0 Å². The van der Waals surface area contributed by atoms with Crippen LogP contribution in [0.15, 0.2) is 0 Å². The maximum Gasteiger partial charge on any atom is 0.212 e. The summed E-state index contributed by atoms with van der Waals surface area (Å²) in [5.74, 6) is 1.57. The molecule has 1 fully saturated rings. The molecule has 0 spiro atoms. The van der Waals surface area contributed by atoms with Crippen molar-refractivity contribution in [2.75, 3.05) is 30.9 Å². The van der Waals surface area contributed by atoms with Crippen molar-refractivity contribution in [3.63, 3.8) is 0 Å². The molecule has 2 N–H and O–H groups in total. The monoisotopic (exact) mass is 266 g/mol. The molecule has 0 aliphatic heterocycles. The third-order valence-corrected chi connectivity index (χ3v) is 4.73. The summed E-state index contributed by atoms with van der Waals surface area (Å²) in [4.78, 5) is 0. The highest BCUT2D eigenvalue weighted by atomic mass is 32.2. The van der Waals surface area contributed by atoms with E-state index >= 15 is 0 Å². The molecule has 96 valence electrons. The third kappa shape index (κ3) is 6.73. The summed E-state index contributed by atoms with van der Waals surface area (Å²) >= 11 is 1.74. The molecule has 4 nitrogen and oxygen atoms in total. The molecule has 1 atom stereocenters. The molecule has 0 radical (unpaired) electrons. The van der Waals surface area contributed by atoms with Crippen LogP contribution in [0.5, 0.6) is 0 Å². The van der Waals surface area contributed by atoms with Gasteiger partial charge in [0.25, 0.3) is 0 Å². The SMILES string of the molecule is CSCC(C)CNS(=O)(=O)CCNC1CC1. The Balaban J connectivity index is 2.11. The first-order valence-corrected chi connectivity index (χ1v) is 8.78. The molecule has 0 aromatic rings. The lowest BCUT2D eigenvalue weighted by atomic mass is 10.2. The molecular weight excluding hydrogens is 244 g/mol. The fraction of sp³-hybridized carbons (Fsp3) is 1.00. The van der Waals surface area contributed by atoms with Gasteiger partial charge in [-0.1, -0.05) is 6.92 Å². The average molecular weight is 266 g/mol. The van der Waals surface area contributed by atoms with Crippen LogP contribution in [0.3, 0.4) is 0 Å². The second-order valence-electron chi connectivity index (χ2n) is 4.46. The Morgan fingerprint density at radius 2 is 2.12 bits per heavy atom. The van der Waals surface area contributed by atoms with E-state index in [4.69, 9.17) is 0 Å². The van der Waals surface area contributed by atoms with Crippen LogP contribution in [-0.2, 0) is 10.0 Å². The van der Waals surface area contributed by atoms with Crippen LogP contribution in [0, 0.1) is 5.92 Å². The molecule has 0 bridgehead atoms. The molecule has 0 aromatic heterocycles. The van der Waals surface area contributed by atoms with Crippen molar-refractivity contribution in [1.82, 2.24) is 10.0 Å². The van der Waals surface area contributed by atoms with Gasteiger partial charge in [0.05, 0.1) is 5.75 Å². The van der Waals surface area contributed by atoms with Gasteiger partial charge in [0.1, 0.15) is 0 Å². The highest BCUT2D eigenvalue weighted by Crippen LogP contribution is 2.17. The lowest BCUT2D eigenvalue weighted by Crippen LogP contribution is -2.35. The molecule has 16 heavy (non-hydrogen) atoms. The molecule has 6 heteroatoms. The second-order valence-corrected chi connectivity index (χ2v) is 7.29. The minimum absolute atomic E-state index is 0.190. The van der Waals surface area contributed by atoms with Crippen molar-refractivity contribution in [2.45, 2.75) is 25.8 Å². The maximum atomic E-state index is 11.6. The first kappa shape index (κ1) is 14.3. The van der Waals surface area contributed by atoms with Crippen LogP contribution in [0.2, 0.25) is 0 Å². The first-order chi connectivity index (χ1) is 7.53. The highest BCUT2D eigenvalue weighted by molar-refractivity contribution is 7.98. The Bertz CT molecular complexity index is 289. The van der Waals surface area contributed by atoms with Crippen LogP contribution in [0.1, 0.15) is 19.8 Å². The van der Waals surface area contributed by atoms with E-state index in [0.717, 1.165) is 5.75 Å². The molecule has 1 aliphatic rings. The molecule has 1 saturated carbocycles. The van der Waals surface area contributed by atoms with Crippen LogP contribution in [0.25, 0.3) is 0 Å². The molecule has 0 heterocycles. The smallest absolute Gasteiger partial charge is 0.212 e. The summed E-state index contributed by atoms with van der Waals surface area (Å²) in [6.07, 6.45) is 4.42. The van der Waals surface area contributed by atoms with Crippen LogP contribution >= 0.6 is 11.8 Å². The van der Waals surface area contributed by atoms with E-state index in [1.807, 2.05) is 6.26 Å². The van der Waals surface area contributed by atoms with Gasteiger partial charge in [0.2, 0.25) is 10.0 Å². The minimum Gasteiger partial charge on any atom is -0.313 e. The predicted octanol–water partition coefficient (Wildman–Crippen LogP) is 0.657. The Kier molecular flexibility index (Phi) is 6.10. The molecule has 1 aliphatic carbocycles. The Hall–Kier alpha value is 0.220. The van der Waals surface area contributed by atoms with Crippen molar-refractivity contribution < 1.29 is 8.42 Å². The van der Waals surface area contributed by atoms with E-state index in [9.17, 15) is 8.42 Å². The van der Waals surface area contributed by atoms with Gasteiger partial charge in [-0.15, -0.1) is 0 Å². The molecule has 0 aromatic carbocycles. The Morgan fingerprint density at radius 3 is 2.69 bits per heavy atom. The van der Waals surface area contributed by atoms with Crippen molar-refractivity contribution in [1.29, 1.82) is 0 Å². The van der Waals surface area contributed by atoms with E-state index < -0.39 is 10.0 Å². The highest BCUT2D eigenvalue weighted by Gasteiger charge is 2.21. The zero-order valence-corrected chi connectivity index (χ0v) is 11.7. The molecule has 0 amide bonds. The average Bonchev–Trinajstić information content (AvgIpc) is 2.99. The van der Waals surface area contributed by atoms with E-state index in [-0.39, 0.29) is 5.75 Å². The van der Waals surface area contributed by atoms with Gasteiger partial charge >= 0.3 is 0 Å². The number of hydrogen-bond acceptors (Lipinski definition) is 4. The van der Waals surface area contributed by atoms with Crippen molar-refractivity contribution in [3.8, 4) is 0 Å². The lowest BCUT2D eigenvalue weighted by Gasteiger charge is -2.11. The van der Waals surface area contributed by atoms with E-state index in [0.29, 0.717) is 25.0 Å². The van der Waals surface area contributed by atoms with Crippen molar-refractivity contribution >= 4 is 21.8 Å². The summed E-state index contributed by atoms with van der Waals surface area (Å²) in [5.41, 5.74) is 0. The van der Waals surface area contributed by atoms with E-state index in [1.165, 1.54) is 12.8 Å². The van der Waals surface area contributed by atoms with Crippen molar-refractivity contribution in [2.24, 2.45) is 5.92 Å². The lowest BCUT2D eigenvalue weighted by molar-refractivity contribution is 0.559. The summed E-state index contributed by atoms with van der Waals surface area (Å²) in [7, 11) is -3.08. The van der Waals surface area contributed by atoms with Gasteiger partial charge in [-0.3, -0.25) is 0 Å². The number of rotatable bonds is 9. The fourth-order valence-corrected chi connectivity index (χ4v) is 3.13. The van der Waals surface area contributed by atoms with Gasteiger partial charge in [-0.2, -0.15) is 11.8 Å². The Morgan fingerprint density at radius 1 is 1.44 bits per heavy atom. The fourth-order valence-electron chi connectivity index (χ4n) is 1.37. The van der Waals surface area contributed by atoms with Gasteiger partial charge < -0.3 is 5.32 Å². The number of sulfonamides is 1. The quantitative estimate of drug-likeness (QED) is 0.643. The van der Waals surface area contributed by atoms with Crippen LogP contribution in [0.4, 0.5) is 0 Å². The van der Waals surface area contributed by atoms with Gasteiger partial charge in [-0.25, -0.2) is 13.1 Å². The third-order valence-electron chi connectivity index (χ3n) is 2.48. The normalized spacial score (nSPS) is 18.6. The number of nitrogens with one attached hydrogen (secondary N) is 2. The zero-order valence-electron chi connectivity index (χ0n) is 10.0. The van der Waals surface area contributed by atoms with Crippen LogP contribution in [-0.4, -0.2) is 45.3 Å². The maximum absolute atomic E-state index is 11.6. The predicted molar refractivity (Wildman–Crippen MR) is 70.4 cm³/mol. The summed E-state index contributed by atoms with van der Waals surface area (Å²) in [5, 5.41) is 3.20. The standard InChI is InChI=1S/C10H22N2O2S2/c1-9(8-15-2)7-12-16(13,14)6-5-11-10-3-4-10/h9-12H,3-8H2,1-2H3. The van der Waals surface area contributed by atoms with Gasteiger partial charge in [-0.05, 0) is 30.8 Å². The second kappa shape index (κ2) is 6.83. The molecular formula is C10H22N2O2S2. The summed E-state index contributed by atoms with van der Waals surface area (Å²) < 4.78 is 25.8. The number of hydrogen-bond donors (Lipinski definition) is 2. The summed E-state index contributed by atoms with van der Waals surface area (Å²) in [6, 6.07) is 0.575. The van der Waals surface area contributed by atoms with Crippen LogP contribution < -0.4 is 10.0 Å². The molecule has 1 rings (SSSR count). The van der Waals surface area contributed by atoms with E-state index in [1.54, 1.807) is 11.8 Å². The molecule has 1 unspecified atom stereocenters. The molecule has 0 saturated heterocycles. The van der Waals surface area contributed by atoms with Gasteiger partial charge in [0, 0.05) is 19.1 Å². The first-order valence-electron chi connectivity index (χ1n) is 5.73. The zero-order chi connectivity index (χ0) is 12.0. The summed E-state index contributed by atoms with van der Waals surface area (Å²) in [6.45, 7) is 3.17. The number of thioether (sulfide) groups is 1.